The van der Waals surface area contributed by atoms with Gasteiger partial charge in [0.05, 0.1) is 18.0 Å². The van der Waals surface area contributed by atoms with Gasteiger partial charge in [0.1, 0.15) is 10.3 Å². The molecule has 0 spiro atoms. The molecule has 3 heterocycles. The number of ketones is 1. The zero-order valence-corrected chi connectivity index (χ0v) is 13.3. The standard InChI is InChI=1S/C16H11BrN4O/c1-10-3-2-4-13(20-10)12(8-18)16(22)11-5-6-21-14(17)9-19-15(21)7-11/h2-7,9,12H,1H3. The molecule has 5 nitrogen and oxygen atoms in total. The van der Waals surface area contributed by atoms with Crippen molar-refractivity contribution in [3.63, 3.8) is 0 Å². The topological polar surface area (TPSA) is 71.0 Å². The highest BCUT2D eigenvalue weighted by Crippen LogP contribution is 2.21. The molecule has 3 aromatic rings. The van der Waals surface area contributed by atoms with E-state index in [0.717, 1.165) is 10.3 Å². The number of imidazole rings is 1. The van der Waals surface area contributed by atoms with E-state index in [1.165, 1.54) is 0 Å². The fraction of sp³-hybridized carbons (Fsp3) is 0.125. The summed E-state index contributed by atoms with van der Waals surface area (Å²) in [5.74, 6) is -1.19. The number of carbonyl (C=O) groups excluding carboxylic acids is 1. The number of aryl methyl sites for hydroxylation is 1. The lowest BCUT2D eigenvalue weighted by Crippen LogP contribution is -2.13. The quantitative estimate of drug-likeness (QED) is 0.676. The van der Waals surface area contributed by atoms with Gasteiger partial charge in [0.2, 0.25) is 0 Å². The van der Waals surface area contributed by atoms with Crippen LogP contribution in [0.4, 0.5) is 0 Å². The van der Waals surface area contributed by atoms with E-state index in [0.29, 0.717) is 16.9 Å². The van der Waals surface area contributed by atoms with E-state index in [2.05, 4.69) is 25.9 Å². The molecule has 0 fully saturated rings. The van der Waals surface area contributed by atoms with Gasteiger partial charge in [-0.25, -0.2) is 4.98 Å². The van der Waals surface area contributed by atoms with Crippen molar-refractivity contribution in [1.29, 1.82) is 5.26 Å². The van der Waals surface area contributed by atoms with Crippen molar-refractivity contribution < 1.29 is 4.79 Å². The molecule has 0 saturated heterocycles. The van der Waals surface area contributed by atoms with Crippen molar-refractivity contribution in [2.24, 2.45) is 0 Å². The highest BCUT2D eigenvalue weighted by atomic mass is 79.9. The fourth-order valence-electron chi connectivity index (χ4n) is 2.25. The second kappa shape index (κ2) is 5.70. The fourth-order valence-corrected chi connectivity index (χ4v) is 2.66. The zero-order valence-electron chi connectivity index (χ0n) is 11.7. The Bertz CT molecular complexity index is 910. The highest BCUT2D eigenvalue weighted by molar-refractivity contribution is 9.10. The van der Waals surface area contributed by atoms with Crippen LogP contribution >= 0.6 is 15.9 Å². The van der Waals surface area contributed by atoms with E-state index in [-0.39, 0.29) is 5.78 Å². The molecule has 0 radical (unpaired) electrons. The van der Waals surface area contributed by atoms with Gasteiger partial charge in [0, 0.05) is 17.5 Å². The Hall–Kier alpha value is -2.52. The first-order valence-electron chi connectivity index (χ1n) is 6.60. The Labute approximate surface area is 135 Å². The SMILES string of the molecule is Cc1cccc(C(C#N)C(=O)c2ccn3c(Br)cnc3c2)n1. The van der Waals surface area contributed by atoms with Gasteiger partial charge in [-0.15, -0.1) is 0 Å². The van der Waals surface area contributed by atoms with Crippen LogP contribution in [0.5, 0.6) is 0 Å². The summed E-state index contributed by atoms with van der Waals surface area (Å²) in [5.41, 5.74) is 2.34. The molecule has 3 aromatic heterocycles. The summed E-state index contributed by atoms with van der Waals surface area (Å²) in [6.45, 7) is 1.83. The van der Waals surface area contributed by atoms with Gasteiger partial charge < -0.3 is 0 Å². The Morgan fingerprint density at radius 3 is 2.95 bits per heavy atom. The van der Waals surface area contributed by atoms with Gasteiger partial charge in [-0.1, -0.05) is 6.07 Å². The molecule has 0 aliphatic rings. The lowest BCUT2D eigenvalue weighted by molar-refractivity contribution is 0.0977. The van der Waals surface area contributed by atoms with E-state index >= 15 is 0 Å². The summed E-state index contributed by atoms with van der Waals surface area (Å²) in [6, 6.07) is 10.7. The molecule has 0 amide bonds. The second-order valence-corrected chi connectivity index (χ2v) is 5.67. The average Bonchev–Trinajstić information content (AvgIpc) is 2.89. The first kappa shape index (κ1) is 14.4. The predicted octanol–water partition coefficient (Wildman–Crippen LogP) is 3.29. The largest absolute Gasteiger partial charge is 0.294 e. The van der Waals surface area contributed by atoms with Gasteiger partial charge in [-0.05, 0) is 47.1 Å². The molecular formula is C16H11BrN4O. The maximum absolute atomic E-state index is 12.6. The van der Waals surface area contributed by atoms with Crippen LogP contribution in [0.1, 0.15) is 27.7 Å². The van der Waals surface area contributed by atoms with E-state index in [9.17, 15) is 10.1 Å². The van der Waals surface area contributed by atoms with Crippen molar-refractivity contribution in [1.82, 2.24) is 14.4 Å². The number of aromatic nitrogens is 3. The summed E-state index contributed by atoms with van der Waals surface area (Å²) in [7, 11) is 0. The van der Waals surface area contributed by atoms with Gasteiger partial charge in [-0.3, -0.25) is 14.2 Å². The van der Waals surface area contributed by atoms with Crippen LogP contribution in [0, 0.1) is 18.3 Å². The van der Waals surface area contributed by atoms with Gasteiger partial charge in [0.25, 0.3) is 0 Å². The van der Waals surface area contributed by atoms with E-state index in [4.69, 9.17) is 0 Å². The van der Waals surface area contributed by atoms with Crippen LogP contribution in [-0.4, -0.2) is 20.2 Å². The van der Waals surface area contributed by atoms with Crippen molar-refractivity contribution in [2.75, 3.05) is 0 Å². The summed E-state index contributed by atoms with van der Waals surface area (Å²) in [6.07, 6.45) is 3.41. The first-order chi connectivity index (χ1) is 10.6. The van der Waals surface area contributed by atoms with Crippen LogP contribution in [0.2, 0.25) is 0 Å². The van der Waals surface area contributed by atoms with Gasteiger partial charge >= 0.3 is 0 Å². The average molecular weight is 355 g/mol. The summed E-state index contributed by atoms with van der Waals surface area (Å²) in [5, 5.41) is 9.38. The number of halogens is 1. The Morgan fingerprint density at radius 1 is 1.41 bits per heavy atom. The molecule has 1 unspecified atom stereocenters. The van der Waals surface area contributed by atoms with Gasteiger partial charge in [-0.2, -0.15) is 5.26 Å². The third-order valence-corrected chi connectivity index (χ3v) is 3.94. The normalized spacial score (nSPS) is 12.0. The minimum absolute atomic E-state index is 0.276. The van der Waals surface area contributed by atoms with Crippen molar-refractivity contribution in [3.05, 3.63) is 64.3 Å². The van der Waals surface area contributed by atoms with Crippen LogP contribution in [0.3, 0.4) is 0 Å². The third-order valence-electron chi connectivity index (χ3n) is 3.35. The molecule has 0 N–H and O–H groups in total. The number of rotatable bonds is 3. The number of fused-ring (bicyclic) bond motifs is 1. The number of Topliss-reactive ketones (excluding diaryl/α,β-unsaturated/α-hetero) is 1. The molecular weight excluding hydrogens is 344 g/mol. The monoisotopic (exact) mass is 354 g/mol. The smallest absolute Gasteiger partial charge is 0.186 e. The number of carbonyl (C=O) groups is 1. The lowest BCUT2D eigenvalue weighted by atomic mass is 9.96. The first-order valence-corrected chi connectivity index (χ1v) is 7.39. The van der Waals surface area contributed by atoms with Crippen molar-refractivity contribution >= 4 is 27.4 Å². The van der Waals surface area contributed by atoms with Crippen LogP contribution in [-0.2, 0) is 0 Å². The lowest BCUT2D eigenvalue weighted by Gasteiger charge is -2.09. The number of nitriles is 1. The maximum atomic E-state index is 12.6. The van der Waals surface area contributed by atoms with Gasteiger partial charge in [0.15, 0.2) is 11.7 Å². The number of pyridine rings is 2. The molecule has 108 valence electrons. The Morgan fingerprint density at radius 2 is 2.23 bits per heavy atom. The van der Waals surface area contributed by atoms with E-state index < -0.39 is 5.92 Å². The molecule has 6 heteroatoms. The highest BCUT2D eigenvalue weighted by Gasteiger charge is 2.23. The summed E-state index contributed by atoms with van der Waals surface area (Å²) >= 11 is 3.37. The molecule has 22 heavy (non-hydrogen) atoms. The zero-order chi connectivity index (χ0) is 15.7. The Kier molecular flexibility index (Phi) is 3.73. The molecule has 3 rings (SSSR count). The maximum Gasteiger partial charge on any atom is 0.186 e. The molecule has 0 aromatic carbocycles. The molecule has 0 bridgehead atoms. The third kappa shape index (κ3) is 2.51. The molecule has 0 saturated carbocycles. The number of nitrogens with zero attached hydrogens (tertiary/aromatic N) is 4. The van der Waals surface area contributed by atoms with Crippen molar-refractivity contribution in [2.45, 2.75) is 12.8 Å². The molecule has 1 atom stereocenters. The second-order valence-electron chi connectivity index (χ2n) is 4.85. The van der Waals surface area contributed by atoms with Crippen LogP contribution < -0.4 is 0 Å². The Balaban J connectivity index is 2.01. The van der Waals surface area contributed by atoms with Crippen LogP contribution in [0.25, 0.3) is 5.65 Å². The van der Waals surface area contributed by atoms with Crippen LogP contribution in [0.15, 0.2) is 47.3 Å². The van der Waals surface area contributed by atoms with E-state index in [1.54, 1.807) is 36.7 Å². The minimum Gasteiger partial charge on any atom is -0.294 e. The van der Waals surface area contributed by atoms with Crippen molar-refractivity contribution in [3.8, 4) is 6.07 Å². The number of hydrogen-bond donors (Lipinski definition) is 0. The molecule has 0 aliphatic heterocycles. The summed E-state index contributed by atoms with van der Waals surface area (Å²) < 4.78 is 2.61. The minimum atomic E-state index is -0.916. The predicted molar refractivity (Wildman–Crippen MR) is 84.6 cm³/mol. The molecule has 0 aliphatic carbocycles. The number of hydrogen-bond acceptors (Lipinski definition) is 4. The van der Waals surface area contributed by atoms with E-state index in [1.807, 2.05) is 23.5 Å². The summed E-state index contributed by atoms with van der Waals surface area (Å²) in [4.78, 5) is 21.1.